The summed E-state index contributed by atoms with van der Waals surface area (Å²) in [5, 5.41) is 0. The molecule has 0 spiro atoms. The van der Waals surface area contributed by atoms with Crippen LogP contribution in [0.15, 0.2) is 18.2 Å². The standard InChI is InChI=1S/C18H26INO3/c1-13-10-15(19)7-8-16(13)22-12-14-6-5-9-20(11-14)17(21)23-18(2,3)4/h7-8,10,14H,5-6,9,11-12H2,1-4H3/t14-/m1/s1. The summed E-state index contributed by atoms with van der Waals surface area (Å²) >= 11 is 2.30. The molecule has 1 amide bonds. The zero-order valence-corrected chi connectivity index (χ0v) is 16.6. The molecule has 5 heteroatoms. The monoisotopic (exact) mass is 431 g/mol. The Morgan fingerprint density at radius 1 is 1.39 bits per heavy atom. The Bertz CT molecular complexity index is 554. The minimum atomic E-state index is -0.446. The van der Waals surface area contributed by atoms with Gasteiger partial charge in [-0.25, -0.2) is 4.79 Å². The first kappa shape index (κ1) is 18.4. The van der Waals surface area contributed by atoms with Gasteiger partial charge in [0.15, 0.2) is 0 Å². The lowest BCUT2D eigenvalue weighted by molar-refractivity contribution is 0.0139. The smallest absolute Gasteiger partial charge is 0.410 e. The maximum Gasteiger partial charge on any atom is 0.410 e. The van der Waals surface area contributed by atoms with E-state index < -0.39 is 5.60 Å². The number of piperidine rings is 1. The van der Waals surface area contributed by atoms with E-state index in [1.54, 1.807) is 0 Å². The molecule has 1 aromatic rings. The second-order valence-corrected chi connectivity index (χ2v) is 8.40. The molecule has 1 aromatic carbocycles. The molecule has 1 saturated heterocycles. The van der Waals surface area contributed by atoms with Gasteiger partial charge in [0.1, 0.15) is 11.4 Å². The molecule has 1 atom stereocenters. The molecule has 1 heterocycles. The van der Waals surface area contributed by atoms with E-state index in [1.165, 1.54) is 3.57 Å². The van der Waals surface area contributed by atoms with Crippen molar-refractivity contribution in [1.82, 2.24) is 4.90 Å². The highest BCUT2D eigenvalue weighted by Gasteiger charge is 2.27. The summed E-state index contributed by atoms with van der Waals surface area (Å²) in [6.45, 7) is 9.87. The number of hydrogen-bond donors (Lipinski definition) is 0. The predicted octanol–water partition coefficient (Wildman–Crippen LogP) is 4.63. The van der Waals surface area contributed by atoms with Crippen LogP contribution in [0.5, 0.6) is 5.75 Å². The second kappa shape index (κ2) is 7.73. The van der Waals surface area contributed by atoms with E-state index >= 15 is 0 Å². The van der Waals surface area contributed by atoms with Crippen LogP contribution >= 0.6 is 22.6 Å². The van der Waals surface area contributed by atoms with E-state index in [0.29, 0.717) is 19.1 Å². The SMILES string of the molecule is Cc1cc(I)ccc1OC[C@@H]1CCCN(C(=O)OC(C)(C)C)C1. The zero-order valence-electron chi connectivity index (χ0n) is 14.4. The van der Waals surface area contributed by atoms with Crippen LogP contribution in [0.4, 0.5) is 4.79 Å². The minimum Gasteiger partial charge on any atom is -0.493 e. The molecule has 0 radical (unpaired) electrons. The Kier molecular flexibility index (Phi) is 6.17. The summed E-state index contributed by atoms with van der Waals surface area (Å²) in [5.74, 6) is 1.29. The van der Waals surface area contributed by atoms with E-state index in [9.17, 15) is 4.79 Å². The first-order chi connectivity index (χ1) is 10.7. The third-order valence-corrected chi connectivity index (χ3v) is 4.45. The van der Waals surface area contributed by atoms with Crippen molar-refractivity contribution in [2.75, 3.05) is 19.7 Å². The Morgan fingerprint density at radius 3 is 2.78 bits per heavy atom. The van der Waals surface area contributed by atoms with Gasteiger partial charge < -0.3 is 14.4 Å². The molecule has 0 bridgehead atoms. The van der Waals surface area contributed by atoms with Gasteiger partial charge in [0.05, 0.1) is 6.61 Å². The van der Waals surface area contributed by atoms with E-state index in [-0.39, 0.29) is 6.09 Å². The lowest BCUT2D eigenvalue weighted by Crippen LogP contribution is -2.44. The summed E-state index contributed by atoms with van der Waals surface area (Å²) in [5.41, 5.74) is 0.704. The molecule has 0 aliphatic carbocycles. The van der Waals surface area contributed by atoms with Crippen molar-refractivity contribution in [1.29, 1.82) is 0 Å². The van der Waals surface area contributed by atoms with E-state index in [2.05, 4.69) is 41.6 Å². The number of benzene rings is 1. The van der Waals surface area contributed by atoms with Gasteiger partial charge in [-0.1, -0.05) is 0 Å². The average Bonchev–Trinajstić information content (AvgIpc) is 2.45. The highest BCUT2D eigenvalue weighted by molar-refractivity contribution is 14.1. The topological polar surface area (TPSA) is 38.8 Å². The summed E-state index contributed by atoms with van der Waals surface area (Å²) in [7, 11) is 0. The first-order valence-electron chi connectivity index (χ1n) is 8.11. The Morgan fingerprint density at radius 2 is 2.13 bits per heavy atom. The number of ether oxygens (including phenoxy) is 2. The maximum absolute atomic E-state index is 12.2. The van der Waals surface area contributed by atoms with Crippen LogP contribution in [0.2, 0.25) is 0 Å². The molecule has 4 nitrogen and oxygen atoms in total. The number of aryl methyl sites for hydroxylation is 1. The summed E-state index contributed by atoms with van der Waals surface area (Å²) in [4.78, 5) is 14.0. The highest BCUT2D eigenvalue weighted by Crippen LogP contribution is 2.24. The van der Waals surface area contributed by atoms with Crippen molar-refractivity contribution < 1.29 is 14.3 Å². The van der Waals surface area contributed by atoms with Gasteiger partial charge in [-0.3, -0.25) is 0 Å². The van der Waals surface area contributed by atoms with E-state index in [4.69, 9.17) is 9.47 Å². The molecule has 0 aromatic heterocycles. The van der Waals surface area contributed by atoms with E-state index in [1.807, 2.05) is 31.7 Å². The van der Waals surface area contributed by atoms with E-state index in [0.717, 1.165) is 30.7 Å². The summed E-state index contributed by atoms with van der Waals surface area (Å²) in [6.07, 6.45) is 1.87. The fourth-order valence-electron chi connectivity index (χ4n) is 2.68. The molecule has 0 unspecified atom stereocenters. The minimum absolute atomic E-state index is 0.215. The van der Waals surface area contributed by atoms with Crippen molar-refractivity contribution in [2.24, 2.45) is 5.92 Å². The van der Waals surface area contributed by atoms with Crippen LogP contribution in [0.1, 0.15) is 39.2 Å². The van der Waals surface area contributed by atoms with Crippen LogP contribution in [0.25, 0.3) is 0 Å². The summed E-state index contributed by atoms with van der Waals surface area (Å²) < 4.78 is 12.7. The van der Waals surface area contributed by atoms with Gasteiger partial charge in [-0.2, -0.15) is 0 Å². The van der Waals surface area contributed by atoms with Crippen molar-refractivity contribution >= 4 is 28.7 Å². The van der Waals surface area contributed by atoms with Crippen molar-refractivity contribution in [3.05, 3.63) is 27.3 Å². The molecule has 2 rings (SSSR count). The largest absolute Gasteiger partial charge is 0.493 e. The number of likely N-dealkylation sites (tertiary alicyclic amines) is 1. The number of amides is 1. The second-order valence-electron chi connectivity index (χ2n) is 7.16. The van der Waals surface area contributed by atoms with Crippen LogP contribution < -0.4 is 4.74 Å². The van der Waals surface area contributed by atoms with Gasteiger partial charge in [0, 0.05) is 22.6 Å². The van der Waals surface area contributed by atoms with Crippen LogP contribution in [-0.2, 0) is 4.74 Å². The Labute approximate surface area is 152 Å². The molecule has 23 heavy (non-hydrogen) atoms. The molecule has 0 saturated carbocycles. The lowest BCUT2D eigenvalue weighted by Gasteiger charge is -2.34. The molecule has 0 N–H and O–H groups in total. The third-order valence-electron chi connectivity index (χ3n) is 3.78. The molecule has 1 fully saturated rings. The van der Waals surface area contributed by atoms with Gasteiger partial charge in [0.2, 0.25) is 0 Å². The number of carbonyl (C=O) groups excluding carboxylic acids is 1. The Balaban J connectivity index is 1.87. The van der Waals surface area contributed by atoms with Crippen LogP contribution in [-0.4, -0.2) is 36.3 Å². The van der Waals surface area contributed by atoms with Crippen LogP contribution in [0, 0.1) is 16.4 Å². The average molecular weight is 431 g/mol. The first-order valence-corrected chi connectivity index (χ1v) is 9.19. The molecule has 1 aliphatic heterocycles. The number of halogens is 1. The molecular weight excluding hydrogens is 405 g/mol. The quantitative estimate of drug-likeness (QED) is 0.656. The number of nitrogens with zero attached hydrogens (tertiary/aromatic N) is 1. The van der Waals surface area contributed by atoms with Gasteiger partial charge >= 0.3 is 6.09 Å². The van der Waals surface area contributed by atoms with Crippen LogP contribution in [0.3, 0.4) is 0 Å². The van der Waals surface area contributed by atoms with Crippen molar-refractivity contribution in [3.8, 4) is 5.75 Å². The molecule has 1 aliphatic rings. The molecule has 128 valence electrons. The lowest BCUT2D eigenvalue weighted by atomic mass is 9.99. The fraction of sp³-hybridized carbons (Fsp3) is 0.611. The number of hydrogen-bond acceptors (Lipinski definition) is 3. The molecular formula is C18H26INO3. The van der Waals surface area contributed by atoms with Gasteiger partial charge in [-0.15, -0.1) is 0 Å². The highest BCUT2D eigenvalue weighted by atomic mass is 127. The predicted molar refractivity (Wildman–Crippen MR) is 99.9 cm³/mol. The fourth-order valence-corrected chi connectivity index (χ4v) is 3.32. The summed E-state index contributed by atoms with van der Waals surface area (Å²) in [6, 6.07) is 6.19. The van der Waals surface area contributed by atoms with Crippen molar-refractivity contribution in [3.63, 3.8) is 0 Å². The number of carbonyl (C=O) groups is 1. The van der Waals surface area contributed by atoms with Crippen molar-refractivity contribution in [2.45, 2.75) is 46.1 Å². The normalized spacial score (nSPS) is 18.7. The zero-order chi connectivity index (χ0) is 17.0. The Hall–Kier alpha value is -0.980. The number of rotatable bonds is 3. The van der Waals surface area contributed by atoms with Gasteiger partial charge in [-0.05, 0) is 86.9 Å². The third kappa shape index (κ3) is 5.86. The van der Waals surface area contributed by atoms with Gasteiger partial charge in [0.25, 0.3) is 0 Å². The maximum atomic E-state index is 12.2.